The van der Waals surface area contributed by atoms with Gasteiger partial charge in [-0.15, -0.1) is 11.3 Å². The molecule has 0 saturated heterocycles. The van der Waals surface area contributed by atoms with E-state index in [-0.39, 0.29) is 11.8 Å². The van der Waals surface area contributed by atoms with Gasteiger partial charge in [0.1, 0.15) is 0 Å². The zero-order chi connectivity index (χ0) is 17.3. The average Bonchev–Trinajstić information content (AvgIpc) is 2.75. The molecular weight excluding hydrogens is 365 g/mol. The molecule has 0 saturated carbocycles. The molecule has 3 N–H and O–H groups in total. The summed E-state index contributed by atoms with van der Waals surface area (Å²) in [6, 6.07) is 3.55. The number of benzene rings is 1. The number of thiazole rings is 1. The molecule has 128 valence electrons. The first-order valence-corrected chi connectivity index (χ1v) is 9.50. The molecule has 2 aromatic rings. The van der Waals surface area contributed by atoms with E-state index in [0.717, 1.165) is 47.4 Å². The maximum atomic E-state index is 12.7. The predicted octanol–water partition coefficient (Wildman–Crippen LogP) is 4.47. The highest BCUT2D eigenvalue weighted by Gasteiger charge is 2.28. The van der Waals surface area contributed by atoms with E-state index in [1.807, 2.05) is 13.0 Å². The molecular formula is C17H19Cl2N3OS. The Morgan fingerprint density at radius 1 is 1.42 bits per heavy atom. The maximum absolute atomic E-state index is 12.7. The molecule has 0 radical (unpaired) electrons. The molecule has 1 atom stereocenters. The topological polar surface area (TPSA) is 68.0 Å². The second kappa shape index (κ2) is 7.30. The normalized spacial score (nSPS) is 17.2. The first kappa shape index (κ1) is 17.5. The molecule has 1 amide bonds. The lowest BCUT2D eigenvalue weighted by atomic mass is 10.0. The second-order valence-corrected chi connectivity index (χ2v) is 7.97. The van der Waals surface area contributed by atoms with Crippen LogP contribution < -0.4 is 11.1 Å². The Morgan fingerprint density at radius 3 is 2.96 bits per heavy atom. The maximum Gasteiger partial charge on any atom is 0.228 e. The molecule has 1 aromatic carbocycles. The van der Waals surface area contributed by atoms with E-state index in [9.17, 15) is 4.79 Å². The van der Waals surface area contributed by atoms with Gasteiger partial charge in [0.2, 0.25) is 5.91 Å². The van der Waals surface area contributed by atoms with Crippen LogP contribution in [0.5, 0.6) is 0 Å². The smallest absolute Gasteiger partial charge is 0.228 e. The second-order valence-electron chi connectivity index (χ2n) is 6.06. The van der Waals surface area contributed by atoms with Crippen molar-refractivity contribution in [2.45, 2.75) is 45.1 Å². The van der Waals surface area contributed by atoms with Crippen LogP contribution in [0.15, 0.2) is 12.1 Å². The highest BCUT2D eigenvalue weighted by Crippen LogP contribution is 2.36. The van der Waals surface area contributed by atoms with Crippen molar-refractivity contribution >= 4 is 45.6 Å². The highest BCUT2D eigenvalue weighted by molar-refractivity contribution is 7.15. The Bertz CT molecular complexity index is 752. The molecule has 24 heavy (non-hydrogen) atoms. The van der Waals surface area contributed by atoms with Gasteiger partial charge in [0.15, 0.2) is 5.13 Å². The van der Waals surface area contributed by atoms with Crippen molar-refractivity contribution < 1.29 is 4.79 Å². The first-order valence-electron chi connectivity index (χ1n) is 7.93. The number of aromatic nitrogens is 1. The van der Waals surface area contributed by atoms with Crippen molar-refractivity contribution in [2.75, 3.05) is 5.73 Å². The number of fused-ring (bicyclic) bond motifs is 1. The number of aryl methyl sites for hydroxylation is 2. The van der Waals surface area contributed by atoms with Gasteiger partial charge in [0.05, 0.1) is 11.6 Å². The molecule has 1 aliphatic rings. The molecule has 1 aliphatic carbocycles. The molecule has 0 bridgehead atoms. The predicted molar refractivity (Wildman–Crippen MR) is 99.9 cm³/mol. The molecule has 0 spiro atoms. The van der Waals surface area contributed by atoms with Gasteiger partial charge in [-0.05, 0) is 49.4 Å². The number of hydrogen-bond donors (Lipinski definition) is 2. The number of nitrogens with zero attached hydrogens (tertiary/aromatic N) is 1. The van der Waals surface area contributed by atoms with Gasteiger partial charge in [0, 0.05) is 21.5 Å². The van der Waals surface area contributed by atoms with Crippen molar-refractivity contribution in [1.29, 1.82) is 0 Å². The number of carbonyl (C=O) groups excluding carboxylic acids is 1. The number of carbonyl (C=O) groups is 1. The van der Waals surface area contributed by atoms with E-state index in [0.29, 0.717) is 21.7 Å². The van der Waals surface area contributed by atoms with E-state index < -0.39 is 0 Å². The fraction of sp³-hybridized carbons (Fsp3) is 0.412. The number of rotatable bonds is 3. The quantitative estimate of drug-likeness (QED) is 0.768. The molecule has 3 rings (SSSR count). The van der Waals surface area contributed by atoms with Crippen LogP contribution in [-0.4, -0.2) is 10.9 Å². The van der Waals surface area contributed by atoms with Crippen LogP contribution in [0.2, 0.25) is 10.0 Å². The van der Waals surface area contributed by atoms with Gasteiger partial charge >= 0.3 is 0 Å². The lowest BCUT2D eigenvalue weighted by molar-refractivity contribution is -0.122. The van der Waals surface area contributed by atoms with E-state index in [1.54, 1.807) is 6.07 Å². The molecule has 1 heterocycles. The number of nitrogens with two attached hydrogens (primary N) is 1. The number of halogens is 2. The summed E-state index contributed by atoms with van der Waals surface area (Å²) in [5.41, 5.74) is 8.68. The fourth-order valence-corrected chi connectivity index (χ4v) is 4.79. The summed E-state index contributed by atoms with van der Waals surface area (Å²) in [5, 5.41) is 4.73. The summed E-state index contributed by atoms with van der Waals surface area (Å²) in [5.74, 6) is -0.170. The first-order chi connectivity index (χ1) is 11.5. The Morgan fingerprint density at radius 2 is 2.21 bits per heavy atom. The van der Waals surface area contributed by atoms with Gasteiger partial charge in [0.25, 0.3) is 0 Å². The van der Waals surface area contributed by atoms with Crippen molar-refractivity contribution in [1.82, 2.24) is 10.3 Å². The third-order valence-electron chi connectivity index (χ3n) is 4.36. The third-order valence-corrected chi connectivity index (χ3v) is 5.95. The van der Waals surface area contributed by atoms with E-state index >= 15 is 0 Å². The fourth-order valence-electron chi connectivity index (χ4n) is 3.11. The van der Waals surface area contributed by atoms with Crippen molar-refractivity contribution in [2.24, 2.45) is 0 Å². The van der Waals surface area contributed by atoms with Crippen molar-refractivity contribution in [3.8, 4) is 0 Å². The number of nitrogens with one attached hydrogen (secondary N) is 1. The molecule has 1 aromatic heterocycles. The summed E-state index contributed by atoms with van der Waals surface area (Å²) in [6.07, 6.45) is 3.78. The summed E-state index contributed by atoms with van der Waals surface area (Å²) >= 11 is 13.7. The Hall–Kier alpha value is -1.30. The largest absolute Gasteiger partial charge is 0.375 e. The monoisotopic (exact) mass is 383 g/mol. The summed E-state index contributed by atoms with van der Waals surface area (Å²) in [6.45, 7) is 2.33. The Kier molecular flexibility index (Phi) is 5.33. The highest BCUT2D eigenvalue weighted by atomic mass is 35.5. The number of anilines is 1. The average molecular weight is 384 g/mol. The van der Waals surface area contributed by atoms with Gasteiger partial charge in [-0.1, -0.05) is 29.6 Å². The van der Waals surface area contributed by atoms with Crippen LogP contribution in [0, 0.1) is 6.92 Å². The summed E-state index contributed by atoms with van der Waals surface area (Å²) in [4.78, 5) is 18.1. The zero-order valence-electron chi connectivity index (χ0n) is 13.4. The van der Waals surface area contributed by atoms with Gasteiger partial charge in [-0.25, -0.2) is 4.98 Å². The van der Waals surface area contributed by atoms with Crippen LogP contribution in [0.4, 0.5) is 5.13 Å². The Balaban J connectivity index is 1.76. The molecule has 1 unspecified atom stereocenters. The molecule has 4 nitrogen and oxygen atoms in total. The molecule has 0 aliphatic heterocycles. The van der Waals surface area contributed by atoms with E-state index in [4.69, 9.17) is 28.9 Å². The minimum absolute atomic E-state index is 0.00668. The van der Waals surface area contributed by atoms with Crippen LogP contribution >= 0.6 is 34.5 Å². The van der Waals surface area contributed by atoms with Crippen LogP contribution in [0.25, 0.3) is 0 Å². The minimum Gasteiger partial charge on any atom is -0.375 e. The zero-order valence-corrected chi connectivity index (χ0v) is 15.7. The SMILES string of the molecule is Cc1cc(Cl)cc(Cl)c1CNC(=O)C1CCCCc2nc(N)sc21. The Labute approximate surface area is 155 Å². The van der Waals surface area contributed by atoms with E-state index in [1.165, 1.54) is 11.3 Å². The van der Waals surface area contributed by atoms with Gasteiger partial charge in [-0.2, -0.15) is 0 Å². The number of nitrogen functional groups attached to an aromatic ring is 1. The molecule has 7 heteroatoms. The standard InChI is InChI=1S/C17H19Cl2N3OS/c1-9-6-10(18)7-13(19)12(9)8-21-16(23)11-4-2-3-5-14-15(11)24-17(20)22-14/h6-7,11H,2-5,8H2,1H3,(H2,20,22)(H,21,23). The number of amides is 1. The van der Waals surface area contributed by atoms with Crippen LogP contribution in [-0.2, 0) is 17.8 Å². The van der Waals surface area contributed by atoms with Crippen molar-refractivity contribution in [3.05, 3.63) is 43.9 Å². The lowest BCUT2D eigenvalue weighted by Gasteiger charge is -2.16. The summed E-state index contributed by atoms with van der Waals surface area (Å²) in [7, 11) is 0. The third kappa shape index (κ3) is 3.68. The minimum atomic E-state index is -0.177. The van der Waals surface area contributed by atoms with Gasteiger partial charge in [-0.3, -0.25) is 4.79 Å². The number of hydrogen-bond acceptors (Lipinski definition) is 4. The van der Waals surface area contributed by atoms with E-state index in [2.05, 4.69) is 10.3 Å². The van der Waals surface area contributed by atoms with Crippen molar-refractivity contribution in [3.63, 3.8) is 0 Å². The summed E-state index contributed by atoms with van der Waals surface area (Å²) < 4.78 is 0. The lowest BCUT2D eigenvalue weighted by Crippen LogP contribution is -2.29. The van der Waals surface area contributed by atoms with Crippen LogP contribution in [0.3, 0.4) is 0 Å². The van der Waals surface area contributed by atoms with Crippen LogP contribution in [0.1, 0.15) is 46.9 Å². The van der Waals surface area contributed by atoms with Gasteiger partial charge < -0.3 is 11.1 Å². The molecule has 0 fully saturated rings.